The Morgan fingerprint density at radius 1 is 1.16 bits per heavy atom. The second-order valence-corrected chi connectivity index (χ2v) is 7.13. The molecule has 0 saturated heterocycles. The lowest BCUT2D eigenvalue weighted by atomic mass is 10.2. The molecule has 2 amide bonds. The van der Waals surface area contributed by atoms with E-state index in [1.54, 1.807) is 23.0 Å². The van der Waals surface area contributed by atoms with Gasteiger partial charge in [-0.3, -0.25) is 9.55 Å². The zero-order valence-electron chi connectivity index (χ0n) is 16.3. The van der Waals surface area contributed by atoms with E-state index >= 15 is 0 Å². The van der Waals surface area contributed by atoms with Crippen molar-refractivity contribution in [1.82, 2.24) is 24.6 Å². The number of urea groups is 1. The van der Waals surface area contributed by atoms with Gasteiger partial charge in [0.05, 0.1) is 12.1 Å². The van der Waals surface area contributed by atoms with Gasteiger partial charge in [-0.2, -0.15) is 13.2 Å². The van der Waals surface area contributed by atoms with Gasteiger partial charge in [-0.05, 0) is 49.2 Å². The summed E-state index contributed by atoms with van der Waals surface area (Å²) >= 11 is 0. The van der Waals surface area contributed by atoms with E-state index in [0.29, 0.717) is 5.82 Å². The summed E-state index contributed by atoms with van der Waals surface area (Å²) in [5.74, 6) is 0.537. The van der Waals surface area contributed by atoms with Crippen molar-refractivity contribution >= 4 is 11.7 Å². The van der Waals surface area contributed by atoms with Gasteiger partial charge in [0.25, 0.3) is 0 Å². The summed E-state index contributed by atoms with van der Waals surface area (Å²) in [4.78, 5) is 28.8. The maximum Gasteiger partial charge on any atom is 0.416 e. The zero-order valence-corrected chi connectivity index (χ0v) is 16.3. The van der Waals surface area contributed by atoms with Gasteiger partial charge in [0.1, 0.15) is 0 Å². The minimum Gasteiger partial charge on any atom is -0.336 e. The molecule has 1 fully saturated rings. The highest BCUT2D eigenvalue weighted by molar-refractivity contribution is 5.89. The number of rotatable bonds is 6. The van der Waals surface area contributed by atoms with Gasteiger partial charge >= 0.3 is 17.9 Å². The lowest BCUT2D eigenvalue weighted by Crippen LogP contribution is -2.34. The van der Waals surface area contributed by atoms with E-state index in [1.165, 1.54) is 16.8 Å². The predicted octanol–water partition coefficient (Wildman–Crippen LogP) is 3.28. The number of hydrogen-bond acceptors (Lipinski definition) is 4. The normalized spacial score (nSPS) is 13.8. The number of halogens is 3. The predicted molar refractivity (Wildman–Crippen MR) is 106 cm³/mol. The van der Waals surface area contributed by atoms with E-state index in [4.69, 9.17) is 0 Å². The summed E-state index contributed by atoms with van der Waals surface area (Å²) < 4.78 is 40.7. The Balaban J connectivity index is 1.37. The van der Waals surface area contributed by atoms with E-state index in [9.17, 15) is 22.8 Å². The molecule has 31 heavy (non-hydrogen) atoms. The number of nitrogens with zero attached hydrogens (tertiary/aromatic N) is 4. The molecule has 3 aromatic rings. The van der Waals surface area contributed by atoms with E-state index in [-0.39, 0.29) is 30.5 Å². The van der Waals surface area contributed by atoms with Crippen LogP contribution >= 0.6 is 0 Å². The fourth-order valence-corrected chi connectivity index (χ4v) is 3.11. The number of amides is 2. The van der Waals surface area contributed by atoms with Gasteiger partial charge in [-0.25, -0.2) is 14.3 Å². The summed E-state index contributed by atoms with van der Waals surface area (Å²) in [5, 5.41) is 9.43. The van der Waals surface area contributed by atoms with Crippen LogP contribution in [0, 0.1) is 0 Å². The molecule has 0 spiro atoms. The Morgan fingerprint density at radius 2 is 1.90 bits per heavy atom. The van der Waals surface area contributed by atoms with Gasteiger partial charge in [0.2, 0.25) is 0 Å². The van der Waals surface area contributed by atoms with Crippen molar-refractivity contribution in [2.45, 2.75) is 31.6 Å². The first kappa shape index (κ1) is 20.6. The van der Waals surface area contributed by atoms with Crippen molar-refractivity contribution in [3.63, 3.8) is 0 Å². The molecule has 0 atom stereocenters. The average molecular weight is 432 g/mol. The summed E-state index contributed by atoms with van der Waals surface area (Å²) in [5.41, 5.74) is -0.0994. The summed E-state index contributed by atoms with van der Waals surface area (Å²) in [6.45, 7) is 0.257. The second kappa shape index (κ2) is 8.25. The van der Waals surface area contributed by atoms with Crippen LogP contribution in [0.3, 0.4) is 0 Å². The lowest BCUT2D eigenvalue weighted by Gasteiger charge is -2.09. The Bertz CT molecular complexity index is 1120. The highest BCUT2D eigenvalue weighted by Gasteiger charge is 2.31. The van der Waals surface area contributed by atoms with Crippen LogP contribution in [0.25, 0.3) is 11.4 Å². The maximum atomic E-state index is 12.7. The molecule has 4 rings (SSSR count). The summed E-state index contributed by atoms with van der Waals surface area (Å²) in [6.07, 6.45) is 0.659. The number of anilines is 1. The average Bonchev–Trinajstić information content (AvgIpc) is 3.52. The molecule has 1 aliphatic carbocycles. The van der Waals surface area contributed by atoms with Gasteiger partial charge in [-0.1, -0.05) is 0 Å². The minimum atomic E-state index is -4.44. The third-order valence-electron chi connectivity index (χ3n) is 4.78. The maximum absolute atomic E-state index is 12.7. The molecular formula is C20H19F3N6O2. The van der Waals surface area contributed by atoms with Gasteiger partial charge < -0.3 is 10.6 Å². The molecule has 2 N–H and O–H groups in total. The van der Waals surface area contributed by atoms with Crippen LogP contribution in [0.2, 0.25) is 0 Å². The largest absolute Gasteiger partial charge is 0.416 e. The molecule has 8 nitrogen and oxygen atoms in total. The number of alkyl halides is 3. The van der Waals surface area contributed by atoms with Crippen LogP contribution in [0.1, 0.15) is 24.4 Å². The first-order valence-corrected chi connectivity index (χ1v) is 9.65. The number of carbonyl (C=O) groups excluding carboxylic acids is 1. The third-order valence-corrected chi connectivity index (χ3v) is 4.78. The van der Waals surface area contributed by atoms with Crippen molar-refractivity contribution in [3.8, 4) is 11.4 Å². The molecule has 2 aromatic heterocycles. The smallest absolute Gasteiger partial charge is 0.336 e. The van der Waals surface area contributed by atoms with E-state index in [0.717, 1.165) is 30.5 Å². The molecule has 0 aliphatic heterocycles. The Labute approximate surface area is 174 Å². The number of aromatic nitrogens is 4. The first-order chi connectivity index (χ1) is 14.8. The SMILES string of the molecule is O=C(NCCn1nc(-c2cccnc2)n(C2CC2)c1=O)Nc1ccc(C(F)(F)F)cc1. The molecule has 11 heteroatoms. The molecule has 2 heterocycles. The van der Waals surface area contributed by atoms with E-state index in [1.807, 2.05) is 6.07 Å². The van der Waals surface area contributed by atoms with Crippen LogP contribution in [-0.2, 0) is 12.7 Å². The van der Waals surface area contributed by atoms with Crippen molar-refractivity contribution in [3.05, 3.63) is 64.8 Å². The number of nitrogens with one attached hydrogen (secondary N) is 2. The molecular weight excluding hydrogens is 413 g/mol. The number of carbonyl (C=O) groups is 1. The van der Waals surface area contributed by atoms with Crippen molar-refractivity contribution < 1.29 is 18.0 Å². The molecule has 0 radical (unpaired) electrons. The minimum absolute atomic E-state index is 0.112. The van der Waals surface area contributed by atoms with Crippen molar-refractivity contribution in [2.75, 3.05) is 11.9 Å². The van der Waals surface area contributed by atoms with Crippen LogP contribution in [0.5, 0.6) is 0 Å². The summed E-state index contributed by atoms with van der Waals surface area (Å²) in [6, 6.07) is 7.24. The fraction of sp³-hybridized carbons (Fsp3) is 0.300. The second-order valence-electron chi connectivity index (χ2n) is 7.13. The fourth-order valence-electron chi connectivity index (χ4n) is 3.11. The van der Waals surface area contributed by atoms with E-state index in [2.05, 4.69) is 20.7 Å². The topological polar surface area (TPSA) is 93.8 Å². The van der Waals surface area contributed by atoms with Gasteiger partial charge in [0.15, 0.2) is 5.82 Å². The van der Waals surface area contributed by atoms with Crippen LogP contribution in [-0.4, -0.2) is 31.9 Å². The Morgan fingerprint density at radius 3 is 2.52 bits per heavy atom. The molecule has 0 unspecified atom stereocenters. The van der Waals surface area contributed by atoms with Crippen molar-refractivity contribution in [2.24, 2.45) is 0 Å². The first-order valence-electron chi connectivity index (χ1n) is 9.65. The van der Waals surface area contributed by atoms with Gasteiger partial charge in [0, 0.05) is 36.2 Å². The Kier molecular flexibility index (Phi) is 5.49. The van der Waals surface area contributed by atoms with Gasteiger partial charge in [-0.15, -0.1) is 5.10 Å². The van der Waals surface area contributed by atoms with Crippen LogP contribution < -0.4 is 16.3 Å². The Hall–Kier alpha value is -3.63. The number of hydrogen-bond donors (Lipinski definition) is 2. The molecule has 1 saturated carbocycles. The monoisotopic (exact) mass is 432 g/mol. The van der Waals surface area contributed by atoms with Crippen LogP contribution in [0.4, 0.5) is 23.7 Å². The standard InChI is InChI=1S/C20H19F3N6O2/c21-20(22,23)14-3-5-15(6-4-14)26-18(30)25-10-11-28-19(31)29(16-7-8-16)17(27-28)13-2-1-9-24-12-13/h1-6,9,12,16H,7-8,10-11H2,(H2,25,26,30). The van der Waals surface area contributed by atoms with E-state index < -0.39 is 17.8 Å². The molecule has 162 valence electrons. The highest BCUT2D eigenvalue weighted by atomic mass is 19.4. The quantitative estimate of drug-likeness (QED) is 0.625. The molecule has 0 bridgehead atoms. The zero-order chi connectivity index (χ0) is 22.0. The number of benzene rings is 1. The molecule has 1 aromatic carbocycles. The van der Waals surface area contributed by atoms with Crippen LogP contribution in [0.15, 0.2) is 53.6 Å². The highest BCUT2D eigenvalue weighted by Crippen LogP contribution is 2.36. The lowest BCUT2D eigenvalue weighted by molar-refractivity contribution is -0.137. The number of pyridine rings is 1. The third kappa shape index (κ3) is 4.76. The summed E-state index contributed by atoms with van der Waals surface area (Å²) in [7, 11) is 0. The van der Waals surface area contributed by atoms with Crippen molar-refractivity contribution in [1.29, 1.82) is 0 Å². The molecule has 1 aliphatic rings.